The van der Waals surface area contributed by atoms with Crippen molar-refractivity contribution >= 4 is 5.91 Å². The molecule has 0 saturated heterocycles. The summed E-state index contributed by atoms with van der Waals surface area (Å²) in [7, 11) is 0. The number of nitrogens with one attached hydrogen (secondary N) is 1. The molecule has 0 aromatic carbocycles. The lowest BCUT2D eigenvalue weighted by atomic mass is 10.1. The Kier molecular flexibility index (Phi) is 5.18. The highest BCUT2D eigenvalue weighted by Gasteiger charge is 2.10. The Morgan fingerprint density at radius 1 is 1.16 bits per heavy atom. The molecule has 3 aromatic heterocycles. The smallest absolute Gasteiger partial charge is 0.252 e. The predicted molar refractivity (Wildman–Crippen MR) is 94.1 cm³/mol. The van der Waals surface area contributed by atoms with E-state index in [1.165, 1.54) is 0 Å². The number of nitrogens with zero attached hydrogens (tertiary/aromatic N) is 3. The molecule has 3 rings (SSSR count). The molecule has 6 heteroatoms. The van der Waals surface area contributed by atoms with Gasteiger partial charge in [0.15, 0.2) is 0 Å². The fraction of sp³-hybridized carbons (Fsp3) is 0.263. The highest BCUT2D eigenvalue weighted by atomic mass is 16.5. The fourth-order valence-corrected chi connectivity index (χ4v) is 2.65. The van der Waals surface area contributed by atoms with E-state index in [4.69, 9.17) is 4.52 Å². The highest BCUT2D eigenvalue weighted by molar-refractivity contribution is 5.94. The number of hydrogen-bond acceptors (Lipinski definition) is 5. The SMILES string of the molecule is Cc1noc(C)c1CCCNC(=O)c1ccc(-c2ccncc2)nc1. The first kappa shape index (κ1) is 16.8. The van der Waals surface area contributed by atoms with Crippen molar-refractivity contribution in [3.63, 3.8) is 0 Å². The summed E-state index contributed by atoms with van der Waals surface area (Å²) in [6.45, 7) is 4.43. The zero-order chi connectivity index (χ0) is 17.6. The third kappa shape index (κ3) is 4.09. The Bertz CT molecular complexity index is 822. The quantitative estimate of drug-likeness (QED) is 0.700. The van der Waals surface area contributed by atoms with Crippen LogP contribution in [0.5, 0.6) is 0 Å². The van der Waals surface area contributed by atoms with E-state index in [1.807, 2.05) is 32.0 Å². The molecule has 0 bridgehead atoms. The number of amides is 1. The van der Waals surface area contributed by atoms with Crippen LogP contribution in [0.3, 0.4) is 0 Å². The number of aryl methyl sites for hydroxylation is 2. The number of carbonyl (C=O) groups excluding carboxylic acids is 1. The number of hydrogen-bond donors (Lipinski definition) is 1. The van der Waals surface area contributed by atoms with Crippen molar-refractivity contribution in [2.45, 2.75) is 26.7 Å². The Morgan fingerprint density at radius 2 is 1.96 bits per heavy atom. The molecule has 0 aliphatic carbocycles. The molecular weight excluding hydrogens is 316 g/mol. The van der Waals surface area contributed by atoms with Crippen molar-refractivity contribution in [1.82, 2.24) is 20.4 Å². The van der Waals surface area contributed by atoms with Gasteiger partial charge in [-0.05, 0) is 51.0 Å². The zero-order valence-corrected chi connectivity index (χ0v) is 14.3. The Labute approximate surface area is 146 Å². The van der Waals surface area contributed by atoms with E-state index in [1.54, 1.807) is 24.7 Å². The molecule has 0 aliphatic rings. The van der Waals surface area contributed by atoms with E-state index >= 15 is 0 Å². The summed E-state index contributed by atoms with van der Waals surface area (Å²) in [5.74, 6) is 0.729. The Morgan fingerprint density at radius 3 is 2.60 bits per heavy atom. The fourth-order valence-electron chi connectivity index (χ4n) is 2.65. The minimum Gasteiger partial charge on any atom is -0.361 e. The van der Waals surface area contributed by atoms with Gasteiger partial charge in [-0.1, -0.05) is 5.16 Å². The average Bonchev–Trinajstić information content (AvgIpc) is 2.97. The van der Waals surface area contributed by atoms with Crippen LogP contribution < -0.4 is 5.32 Å². The van der Waals surface area contributed by atoms with Crippen molar-refractivity contribution < 1.29 is 9.32 Å². The van der Waals surface area contributed by atoms with Gasteiger partial charge in [-0.2, -0.15) is 0 Å². The van der Waals surface area contributed by atoms with E-state index in [0.29, 0.717) is 12.1 Å². The van der Waals surface area contributed by atoms with E-state index < -0.39 is 0 Å². The molecule has 1 N–H and O–H groups in total. The molecule has 0 atom stereocenters. The molecule has 0 radical (unpaired) electrons. The van der Waals surface area contributed by atoms with Crippen LogP contribution in [0.25, 0.3) is 11.3 Å². The van der Waals surface area contributed by atoms with Crippen LogP contribution in [0.15, 0.2) is 47.4 Å². The second-order valence-electron chi connectivity index (χ2n) is 5.83. The van der Waals surface area contributed by atoms with Crippen molar-refractivity contribution in [1.29, 1.82) is 0 Å². The molecule has 3 aromatic rings. The largest absolute Gasteiger partial charge is 0.361 e. The molecule has 25 heavy (non-hydrogen) atoms. The summed E-state index contributed by atoms with van der Waals surface area (Å²) in [4.78, 5) is 20.5. The molecule has 1 amide bonds. The second-order valence-corrected chi connectivity index (χ2v) is 5.83. The highest BCUT2D eigenvalue weighted by Crippen LogP contribution is 2.16. The van der Waals surface area contributed by atoms with Gasteiger partial charge in [0.2, 0.25) is 0 Å². The van der Waals surface area contributed by atoms with Crippen molar-refractivity contribution in [3.8, 4) is 11.3 Å². The Hall–Kier alpha value is -3.02. The maximum absolute atomic E-state index is 12.2. The van der Waals surface area contributed by atoms with E-state index in [0.717, 1.165) is 41.1 Å². The minimum absolute atomic E-state index is 0.118. The average molecular weight is 336 g/mol. The molecule has 3 heterocycles. The van der Waals surface area contributed by atoms with Crippen LogP contribution in [0.2, 0.25) is 0 Å². The first-order valence-corrected chi connectivity index (χ1v) is 8.21. The molecule has 0 saturated carbocycles. The van der Waals surface area contributed by atoms with Crippen LogP contribution >= 0.6 is 0 Å². The molecule has 6 nitrogen and oxygen atoms in total. The van der Waals surface area contributed by atoms with Gasteiger partial charge in [-0.15, -0.1) is 0 Å². The number of aromatic nitrogens is 3. The van der Waals surface area contributed by atoms with Crippen LogP contribution in [0, 0.1) is 13.8 Å². The monoisotopic (exact) mass is 336 g/mol. The predicted octanol–water partition coefficient (Wildman–Crippen LogP) is 3.11. The van der Waals surface area contributed by atoms with Gasteiger partial charge in [0.1, 0.15) is 5.76 Å². The topological polar surface area (TPSA) is 80.9 Å². The Balaban J connectivity index is 1.51. The third-order valence-electron chi connectivity index (χ3n) is 4.07. The summed E-state index contributed by atoms with van der Waals surface area (Å²) in [6, 6.07) is 7.40. The molecule has 0 aliphatic heterocycles. The molecule has 0 spiro atoms. The van der Waals surface area contributed by atoms with Gasteiger partial charge < -0.3 is 9.84 Å². The molecule has 0 fully saturated rings. The number of pyridine rings is 2. The summed E-state index contributed by atoms with van der Waals surface area (Å²) in [5, 5.41) is 6.86. The standard InChI is InChI=1S/C19H20N4O2/c1-13-17(14(2)25-23-13)4-3-9-21-19(24)16-5-6-18(22-12-16)15-7-10-20-11-8-15/h5-8,10-12H,3-4,9H2,1-2H3,(H,21,24). The number of carbonyl (C=O) groups is 1. The van der Waals surface area contributed by atoms with E-state index in [2.05, 4.69) is 20.4 Å². The molecule has 128 valence electrons. The van der Waals surface area contributed by atoms with E-state index in [-0.39, 0.29) is 5.91 Å². The van der Waals surface area contributed by atoms with Crippen molar-refractivity contribution in [2.75, 3.05) is 6.54 Å². The lowest BCUT2D eigenvalue weighted by Crippen LogP contribution is -2.24. The third-order valence-corrected chi connectivity index (χ3v) is 4.07. The van der Waals surface area contributed by atoms with Gasteiger partial charge in [-0.25, -0.2) is 0 Å². The van der Waals surface area contributed by atoms with Crippen LogP contribution in [0.4, 0.5) is 0 Å². The lowest BCUT2D eigenvalue weighted by Gasteiger charge is -2.06. The minimum atomic E-state index is -0.118. The first-order chi connectivity index (χ1) is 12.1. The second kappa shape index (κ2) is 7.70. The first-order valence-electron chi connectivity index (χ1n) is 8.21. The summed E-state index contributed by atoms with van der Waals surface area (Å²) < 4.78 is 5.14. The molecule has 0 unspecified atom stereocenters. The van der Waals surface area contributed by atoms with Gasteiger partial charge in [-0.3, -0.25) is 14.8 Å². The number of rotatable bonds is 6. The maximum atomic E-state index is 12.2. The van der Waals surface area contributed by atoms with Crippen LogP contribution in [-0.4, -0.2) is 27.6 Å². The molecular formula is C19H20N4O2. The van der Waals surface area contributed by atoms with Gasteiger partial charge in [0.25, 0.3) is 5.91 Å². The zero-order valence-electron chi connectivity index (χ0n) is 14.3. The van der Waals surface area contributed by atoms with E-state index in [9.17, 15) is 4.79 Å². The van der Waals surface area contributed by atoms with Crippen LogP contribution in [0.1, 0.15) is 33.8 Å². The summed E-state index contributed by atoms with van der Waals surface area (Å²) >= 11 is 0. The normalized spacial score (nSPS) is 10.6. The lowest BCUT2D eigenvalue weighted by molar-refractivity contribution is 0.0953. The van der Waals surface area contributed by atoms with Gasteiger partial charge >= 0.3 is 0 Å². The summed E-state index contributed by atoms with van der Waals surface area (Å²) in [5.41, 5.74) is 4.38. The van der Waals surface area contributed by atoms with Crippen molar-refractivity contribution in [3.05, 3.63) is 65.4 Å². The van der Waals surface area contributed by atoms with Gasteiger partial charge in [0.05, 0.1) is 17.0 Å². The summed E-state index contributed by atoms with van der Waals surface area (Å²) in [6.07, 6.45) is 6.70. The maximum Gasteiger partial charge on any atom is 0.252 e. The van der Waals surface area contributed by atoms with Crippen molar-refractivity contribution in [2.24, 2.45) is 0 Å². The van der Waals surface area contributed by atoms with Gasteiger partial charge in [0, 0.05) is 36.3 Å². The van der Waals surface area contributed by atoms with Crippen LogP contribution in [-0.2, 0) is 6.42 Å².